The highest BCUT2D eigenvalue weighted by Crippen LogP contribution is 2.15. The predicted molar refractivity (Wildman–Crippen MR) is 74.0 cm³/mol. The van der Waals surface area contributed by atoms with Crippen LogP contribution >= 0.6 is 0 Å². The number of nitrogens with two attached hydrogens (primary N) is 1. The van der Waals surface area contributed by atoms with Crippen LogP contribution in [0.1, 0.15) is 11.1 Å². The molecule has 0 bridgehead atoms. The molecule has 0 atom stereocenters. The fraction of sp³-hybridized carbons (Fsp3) is 0.133. The zero-order chi connectivity index (χ0) is 12.8. The maximum atomic E-state index is 5.97. The molecule has 0 unspecified atom stereocenters. The normalized spacial score (nSPS) is 11.5. The summed E-state index contributed by atoms with van der Waals surface area (Å²) in [6, 6.07) is 17.6. The van der Waals surface area contributed by atoms with Gasteiger partial charge in [-0.15, -0.1) is 0 Å². The Hall–Kier alpha value is -2.13. The number of hydrogen-bond acceptors (Lipinski definition) is 2. The standard InChI is InChI=1S/C15H16N2O/c1-18-11-12-6-5-9-14(10-12)17-15(16)13-7-3-2-4-8-13/h2-10H,11H2,1H3,(H2,16,17). The summed E-state index contributed by atoms with van der Waals surface area (Å²) in [5, 5.41) is 0. The molecule has 0 amide bonds. The number of hydrogen-bond donors (Lipinski definition) is 1. The summed E-state index contributed by atoms with van der Waals surface area (Å²) in [4.78, 5) is 4.41. The van der Waals surface area contributed by atoms with E-state index in [1.165, 1.54) is 0 Å². The summed E-state index contributed by atoms with van der Waals surface area (Å²) in [6.07, 6.45) is 0. The predicted octanol–water partition coefficient (Wildman–Crippen LogP) is 2.87. The number of rotatable bonds is 4. The number of methoxy groups -OCH3 is 1. The van der Waals surface area contributed by atoms with Gasteiger partial charge in [-0.1, -0.05) is 42.5 Å². The Morgan fingerprint density at radius 1 is 1.11 bits per heavy atom. The Bertz CT molecular complexity index is 535. The topological polar surface area (TPSA) is 47.6 Å². The zero-order valence-electron chi connectivity index (χ0n) is 10.3. The molecule has 0 saturated heterocycles. The van der Waals surface area contributed by atoms with Crippen LogP contribution < -0.4 is 5.73 Å². The molecule has 0 radical (unpaired) electrons. The van der Waals surface area contributed by atoms with Gasteiger partial charge in [0.1, 0.15) is 5.84 Å². The Balaban J connectivity index is 2.24. The van der Waals surface area contributed by atoms with Gasteiger partial charge >= 0.3 is 0 Å². The van der Waals surface area contributed by atoms with E-state index >= 15 is 0 Å². The highest BCUT2D eigenvalue weighted by molar-refractivity contribution is 5.98. The molecule has 2 N–H and O–H groups in total. The summed E-state index contributed by atoms with van der Waals surface area (Å²) in [5.74, 6) is 0.519. The molecule has 2 aromatic carbocycles. The summed E-state index contributed by atoms with van der Waals surface area (Å²) in [5.41, 5.74) is 8.82. The highest BCUT2D eigenvalue weighted by atomic mass is 16.5. The fourth-order valence-electron chi connectivity index (χ4n) is 1.70. The third-order valence-corrected chi connectivity index (χ3v) is 2.54. The van der Waals surface area contributed by atoms with E-state index in [9.17, 15) is 0 Å². The summed E-state index contributed by atoms with van der Waals surface area (Å²) < 4.78 is 5.09. The zero-order valence-corrected chi connectivity index (χ0v) is 10.3. The monoisotopic (exact) mass is 240 g/mol. The molecule has 0 aliphatic heterocycles. The van der Waals surface area contributed by atoms with Crippen molar-refractivity contribution in [1.29, 1.82) is 0 Å². The van der Waals surface area contributed by atoms with Crippen molar-refractivity contribution in [3.8, 4) is 0 Å². The number of amidine groups is 1. The molecule has 0 heterocycles. The first-order chi connectivity index (χ1) is 8.79. The second-order valence-corrected chi connectivity index (χ2v) is 3.97. The first-order valence-corrected chi connectivity index (χ1v) is 5.77. The molecule has 0 spiro atoms. The van der Waals surface area contributed by atoms with Crippen LogP contribution in [0.2, 0.25) is 0 Å². The van der Waals surface area contributed by atoms with Gasteiger partial charge in [0.15, 0.2) is 0 Å². The molecule has 0 fully saturated rings. The third kappa shape index (κ3) is 3.18. The van der Waals surface area contributed by atoms with Crippen molar-refractivity contribution in [3.63, 3.8) is 0 Å². The molecule has 3 heteroatoms. The molecule has 0 aromatic heterocycles. The van der Waals surface area contributed by atoms with Gasteiger partial charge in [0, 0.05) is 12.7 Å². The highest BCUT2D eigenvalue weighted by Gasteiger charge is 1.98. The number of benzene rings is 2. The number of aliphatic imine (C=N–C) groups is 1. The van der Waals surface area contributed by atoms with Crippen molar-refractivity contribution in [2.75, 3.05) is 7.11 Å². The lowest BCUT2D eigenvalue weighted by molar-refractivity contribution is 0.185. The molecule has 0 aliphatic rings. The first kappa shape index (κ1) is 12.3. The van der Waals surface area contributed by atoms with Crippen molar-refractivity contribution in [1.82, 2.24) is 0 Å². The molecule has 0 aliphatic carbocycles. The van der Waals surface area contributed by atoms with Crippen LogP contribution in [-0.2, 0) is 11.3 Å². The largest absolute Gasteiger partial charge is 0.383 e. The Morgan fingerprint density at radius 3 is 2.61 bits per heavy atom. The Morgan fingerprint density at radius 2 is 1.89 bits per heavy atom. The average molecular weight is 240 g/mol. The van der Waals surface area contributed by atoms with E-state index in [4.69, 9.17) is 10.5 Å². The molecule has 0 saturated carbocycles. The van der Waals surface area contributed by atoms with Crippen molar-refractivity contribution in [3.05, 3.63) is 65.7 Å². The van der Waals surface area contributed by atoms with Crippen LogP contribution in [0.3, 0.4) is 0 Å². The Labute approximate surface area is 107 Å². The molecule has 2 aromatic rings. The van der Waals surface area contributed by atoms with Gasteiger partial charge in [-0.05, 0) is 17.7 Å². The van der Waals surface area contributed by atoms with Crippen molar-refractivity contribution < 1.29 is 4.74 Å². The molecular weight excluding hydrogens is 224 g/mol. The summed E-state index contributed by atoms with van der Waals surface area (Å²) in [6.45, 7) is 0.578. The van der Waals surface area contributed by atoms with Gasteiger partial charge < -0.3 is 10.5 Å². The van der Waals surface area contributed by atoms with E-state index in [2.05, 4.69) is 4.99 Å². The number of ether oxygens (including phenoxy) is 1. The maximum Gasteiger partial charge on any atom is 0.131 e. The molecule has 3 nitrogen and oxygen atoms in total. The second kappa shape index (κ2) is 5.98. The lowest BCUT2D eigenvalue weighted by atomic mass is 10.2. The van der Waals surface area contributed by atoms with Crippen LogP contribution in [0.25, 0.3) is 0 Å². The van der Waals surface area contributed by atoms with E-state index < -0.39 is 0 Å². The number of nitrogens with zero attached hydrogens (tertiary/aromatic N) is 1. The van der Waals surface area contributed by atoms with Gasteiger partial charge in [-0.2, -0.15) is 0 Å². The minimum atomic E-state index is 0.519. The average Bonchev–Trinajstić information content (AvgIpc) is 2.40. The smallest absolute Gasteiger partial charge is 0.131 e. The van der Waals surface area contributed by atoms with Crippen LogP contribution in [0.4, 0.5) is 5.69 Å². The van der Waals surface area contributed by atoms with Gasteiger partial charge in [0.2, 0.25) is 0 Å². The molecule has 18 heavy (non-hydrogen) atoms. The quantitative estimate of drug-likeness (QED) is 0.660. The summed E-state index contributed by atoms with van der Waals surface area (Å²) >= 11 is 0. The van der Waals surface area contributed by atoms with Crippen molar-refractivity contribution in [2.45, 2.75) is 6.61 Å². The summed E-state index contributed by atoms with van der Waals surface area (Å²) in [7, 11) is 1.67. The minimum Gasteiger partial charge on any atom is -0.383 e. The van der Waals surface area contributed by atoms with E-state index in [1.807, 2.05) is 54.6 Å². The van der Waals surface area contributed by atoms with Gasteiger partial charge in [-0.3, -0.25) is 0 Å². The lowest BCUT2D eigenvalue weighted by Crippen LogP contribution is -2.12. The van der Waals surface area contributed by atoms with Crippen LogP contribution in [0, 0.1) is 0 Å². The molecule has 2 rings (SSSR count). The third-order valence-electron chi connectivity index (χ3n) is 2.54. The van der Waals surface area contributed by atoms with E-state index in [0.29, 0.717) is 12.4 Å². The fourth-order valence-corrected chi connectivity index (χ4v) is 1.70. The van der Waals surface area contributed by atoms with Gasteiger partial charge in [0.25, 0.3) is 0 Å². The lowest BCUT2D eigenvalue weighted by Gasteiger charge is -2.03. The first-order valence-electron chi connectivity index (χ1n) is 5.77. The van der Waals surface area contributed by atoms with Crippen molar-refractivity contribution >= 4 is 11.5 Å². The SMILES string of the molecule is COCc1cccc(N=C(N)c2ccccc2)c1. The van der Waals surface area contributed by atoms with Crippen LogP contribution in [-0.4, -0.2) is 12.9 Å². The minimum absolute atomic E-state index is 0.519. The van der Waals surface area contributed by atoms with Crippen molar-refractivity contribution in [2.24, 2.45) is 10.7 Å². The van der Waals surface area contributed by atoms with Crippen LogP contribution in [0.15, 0.2) is 59.6 Å². The van der Waals surface area contributed by atoms with Gasteiger partial charge in [-0.25, -0.2) is 4.99 Å². The maximum absolute atomic E-state index is 5.97. The van der Waals surface area contributed by atoms with Crippen LogP contribution in [0.5, 0.6) is 0 Å². The van der Waals surface area contributed by atoms with Gasteiger partial charge in [0.05, 0.1) is 12.3 Å². The van der Waals surface area contributed by atoms with E-state index in [0.717, 1.165) is 16.8 Å². The van der Waals surface area contributed by atoms with E-state index in [1.54, 1.807) is 7.11 Å². The van der Waals surface area contributed by atoms with E-state index in [-0.39, 0.29) is 0 Å². The second-order valence-electron chi connectivity index (χ2n) is 3.97. The molecule has 92 valence electrons. The Kier molecular flexibility index (Phi) is 4.10. The molecular formula is C15H16N2O.